The third-order valence-electron chi connectivity index (χ3n) is 6.32. The van der Waals surface area contributed by atoms with Crippen LogP contribution in [0.2, 0.25) is 0 Å². The molecule has 9 nitrogen and oxygen atoms in total. The average molecular weight is 508 g/mol. The number of aliphatic hydroxyl groups is 1. The molecule has 1 aliphatic rings. The first-order valence-corrected chi connectivity index (χ1v) is 13.5. The van der Waals surface area contributed by atoms with Gasteiger partial charge in [-0.1, -0.05) is 13.8 Å². The van der Waals surface area contributed by atoms with Crippen molar-refractivity contribution in [1.82, 2.24) is 14.9 Å². The lowest BCUT2D eigenvalue weighted by atomic mass is 9.99. The Bertz CT molecular complexity index is 1170. The minimum absolute atomic E-state index is 0.0160. The van der Waals surface area contributed by atoms with Crippen molar-refractivity contribution in [2.24, 2.45) is 5.92 Å². The number of hydrogen-bond acceptors (Lipinski definition) is 8. The number of nitrogens with zero attached hydrogens (tertiary/aromatic N) is 5. The third-order valence-corrected chi connectivity index (χ3v) is 7.43. The van der Waals surface area contributed by atoms with Crippen LogP contribution in [0, 0.1) is 18.7 Å². The fraction of sp³-hybridized carbons (Fsp3) is 0.542. The Kier molecular flexibility index (Phi) is 8.32. The second-order valence-corrected chi connectivity index (χ2v) is 11.3. The summed E-state index contributed by atoms with van der Waals surface area (Å²) in [6, 6.07) is 4.21. The summed E-state index contributed by atoms with van der Waals surface area (Å²) in [5.41, 5.74) is 1.66. The number of benzene rings is 1. The van der Waals surface area contributed by atoms with Crippen LogP contribution in [0.4, 0.5) is 16.0 Å². The first-order chi connectivity index (χ1) is 16.4. The zero-order valence-corrected chi connectivity index (χ0v) is 21.7. The molecule has 1 amide bonds. The molecule has 0 spiro atoms. The summed E-state index contributed by atoms with van der Waals surface area (Å²) < 4.78 is 38.1. The van der Waals surface area contributed by atoms with Crippen molar-refractivity contribution >= 4 is 27.4 Å². The van der Waals surface area contributed by atoms with E-state index >= 15 is 0 Å². The van der Waals surface area contributed by atoms with Crippen LogP contribution in [0.25, 0.3) is 0 Å². The number of piperazine rings is 1. The number of aliphatic hydroxyl groups excluding tert-OH is 1. The van der Waals surface area contributed by atoms with Gasteiger partial charge in [-0.3, -0.25) is 4.79 Å². The summed E-state index contributed by atoms with van der Waals surface area (Å²) in [5.74, 6) is -0.185. The molecular formula is C24H34FN5O4S. The van der Waals surface area contributed by atoms with Gasteiger partial charge in [0.2, 0.25) is 5.95 Å². The summed E-state index contributed by atoms with van der Waals surface area (Å²) in [7, 11) is -2.00. The number of carbonyl (C=O) groups excluding carboxylic acids is 1. The van der Waals surface area contributed by atoms with E-state index in [1.807, 2.05) is 0 Å². The van der Waals surface area contributed by atoms with Gasteiger partial charge < -0.3 is 19.8 Å². The maximum absolute atomic E-state index is 14.1. The Balaban J connectivity index is 1.83. The number of rotatable bonds is 8. The molecule has 2 aromatic rings. The van der Waals surface area contributed by atoms with Crippen LogP contribution < -0.4 is 9.80 Å². The molecule has 1 N–H and O–H groups in total. The third kappa shape index (κ3) is 6.07. The van der Waals surface area contributed by atoms with Crippen molar-refractivity contribution in [3.63, 3.8) is 0 Å². The molecule has 0 radical (unpaired) electrons. The molecule has 11 heteroatoms. The minimum atomic E-state index is -3.68. The van der Waals surface area contributed by atoms with Crippen molar-refractivity contribution in [2.45, 2.75) is 38.1 Å². The van der Waals surface area contributed by atoms with Crippen LogP contribution in [0.1, 0.15) is 36.3 Å². The van der Waals surface area contributed by atoms with Crippen molar-refractivity contribution < 1.29 is 22.7 Å². The predicted molar refractivity (Wildman–Crippen MR) is 133 cm³/mol. The number of aryl methyl sites for hydroxylation is 1. The first kappa shape index (κ1) is 26.8. The molecule has 3 rings (SSSR count). The van der Waals surface area contributed by atoms with E-state index in [0.717, 1.165) is 6.26 Å². The molecule has 1 unspecified atom stereocenters. The van der Waals surface area contributed by atoms with Gasteiger partial charge in [-0.2, -0.15) is 0 Å². The lowest BCUT2D eigenvalue weighted by molar-refractivity contribution is 0.0784. The molecule has 1 fully saturated rings. The van der Waals surface area contributed by atoms with Gasteiger partial charge in [0.15, 0.2) is 9.84 Å². The topological polar surface area (TPSA) is 107 Å². The molecule has 0 saturated carbocycles. The van der Waals surface area contributed by atoms with Gasteiger partial charge in [0.1, 0.15) is 10.7 Å². The second-order valence-electron chi connectivity index (χ2n) is 9.31. The number of anilines is 2. The van der Waals surface area contributed by atoms with Crippen LogP contribution in [-0.2, 0) is 9.84 Å². The smallest absolute Gasteiger partial charge is 0.257 e. The predicted octanol–water partition coefficient (Wildman–Crippen LogP) is 2.13. The highest BCUT2D eigenvalue weighted by molar-refractivity contribution is 7.90. The van der Waals surface area contributed by atoms with Crippen LogP contribution in [0.15, 0.2) is 29.3 Å². The molecule has 1 saturated heterocycles. The van der Waals surface area contributed by atoms with Gasteiger partial charge in [0.25, 0.3) is 5.91 Å². The number of amides is 1. The van der Waals surface area contributed by atoms with Gasteiger partial charge in [0, 0.05) is 58.0 Å². The Hall–Kier alpha value is -2.79. The number of halogens is 1. The summed E-state index contributed by atoms with van der Waals surface area (Å²) in [6.45, 7) is 8.16. The van der Waals surface area contributed by atoms with Gasteiger partial charge in [-0.15, -0.1) is 0 Å². The minimum Gasteiger partial charge on any atom is -0.396 e. The van der Waals surface area contributed by atoms with Crippen LogP contribution in [0.3, 0.4) is 0 Å². The van der Waals surface area contributed by atoms with E-state index in [0.29, 0.717) is 55.5 Å². The molecule has 2 heterocycles. The standard InChI is InChI=1S/C24H34FN5O4S/c1-16(2)21-15-29(18-7-8-20(25)22(13-18)35(5,33)34)10-11-30(21)24-26-14-19(17(3)27-24)23(32)28(4)9-6-12-31/h7-8,13-14,16,21,31H,6,9-12,15H2,1-5H3. The molecule has 1 aromatic heterocycles. The lowest BCUT2D eigenvalue weighted by Crippen LogP contribution is -2.56. The highest BCUT2D eigenvalue weighted by atomic mass is 32.2. The van der Waals surface area contributed by atoms with E-state index in [9.17, 15) is 17.6 Å². The van der Waals surface area contributed by atoms with Crippen molar-refractivity contribution in [2.75, 3.05) is 55.9 Å². The molecular weight excluding hydrogens is 473 g/mol. The Labute approximate surface area is 206 Å². The molecule has 192 valence electrons. The van der Waals surface area contributed by atoms with E-state index in [1.54, 1.807) is 31.1 Å². The molecule has 1 aromatic carbocycles. The monoisotopic (exact) mass is 507 g/mol. The van der Waals surface area contributed by atoms with Gasteiger partial charge in [0.05, 0.1) is 17.3 Å². The number of carbonyl (C=O) groups is 1. The molecule has 0 bridgehead atoms. The normalized spacial score (nSPS) is 16.6. The van der Waals surface area contributed by atoms with Gasteiger partial charge in [-0.05, 0) is 37.5 Å². The van der Waals surface area contributed by atoms with Crippen LogP contribution in [-0.4, -0.2) is 86.4 Å². The zero-order chi connectivity index (χ0) is 25.9. The Morgan fingerprint density at radius 3 is 2.63 bits per heavy atom. The average Bonchev–Trinajstić information content (AvgIpc) is 2.81. The lowest BCUT2D eigenvalue weighted by Gasteiger charge is -2.44. The number of hydrogen-bond donors (Lipinski definition) is 1. The van der Waals surface area contributed by atoms with Gasteiger partial charge >= 0.3 is 0 Å². The maximum Gasteiger partial charge on any atom is 0.257 e. The zero-order valence-electron chi connectivity index (χ0n) is 20.9. The fourth-order valence-corrected chi connectivity index (χ4v) is 5.01. The summed E-state index contributed by atoms with van der Waals surface area (Å²) in [6.07, 6.45) is 3.06. The highest BCUT2D eigenvalue weighted by Crippen LogP contribution is 2.28. The van der Waals surface area contributed by atoms with Crippen molar-refractivity contribution in [1.29, 1.82) is 0 Å². The first-order valence-electron chi connectivity index (χ1n) is 11.6. The highest BCUT2D eigenvalue weighted by Gasteiger charge is 2.32. The van der Waals surface area contributed by atoms with E-state index in [1.165, 1.54) is 12.1 Å². The SMILES string of the molecule is Cc1nc(N2CCN(c3ccc(F)c(S(C)(=O)=O)c3)CC2C(C)C)ncc1C(=O)N(C)CCCO. The van der Waals surface area contributed by atoms with Crippen LogP contribution >= 0.6 is 0 Å². The van der Waals surface area contributed by atoms with Gasteiger partial charge in [-0.25, -0.2) is 22.8 Å². The molecule has 35 heavy (non-hydrogen) atoms. The summed E-state index contributed by atoms with van der Waals surface area (Å²) in [4.78, 5) is 27.3. The van der Waals surface area contributed by atoms with Crippen LogP contribution in [0.5, 0.6) is 0 Å². The molecule has 0 aliphatic carbocycles. The number of aromatic nitrogens is 2. The van der Waals surface area contributed by atoms with Crippen molar-refractivity contribution in [3.05, 3.63) is 41.5 Å². The Morgan fingerprint density at radius 2 is 2.03 bits per heavy atom. The van der Waals surface area contributed by atoms with E-state index < -0.39 is 15.7 Å². The fourth-order valence-electron chi connectivity index (χ4n) is 4.25. The Morgan fingerprint density at radius 1 is 1.31 bits per heavy atom. The maximum atomic E-state index is 14.1. The summed E-state index contributed by atoms with van der Waals surface area (Å²) in [5, 5.41) is 9.01. The molecule has 1 atom stereocenters. The van der Waals surface area contributed by atoms with E-state index in [4.69, 9.17) is 5.11 Å². The quantitative estimate of drug-likeness (QED) is 0.579. The largest absolute Gasteiger partial charge is 0.396 e. The second kappa shape index (κ2) is 10.9. The molecule has 1 aliphatic heterocycles. The summed E-state index contributed by atoms with van der Waals surface area (Å²) >= 11 is 0. The van der Waals surface area contributed by atoms with Crippen molar-refractivity contribution in [3.8, 4) is 0 Å². The number of sulfone groups is 1. The van der Waals surface area contributed by atoms with E-state index in [2.05, 4.69) is 33.6 Å². The van der Waals surface area contributed by atoms with E-state index in [-0.39, 0.29) is 29.4 Å².